The molecule has 8 heteroatoms. The lowest BCUT2D eigenvalue weighted by Gasteiger charge is -2.14. The zero-order valence-electron chi connectivity index (χ0n) is 21.0. The molecule has 0 radical (unpaired) electrons. The van der Waals surface area contributed by atoms with Crippen LogP contribution in [0.2, 0.25) is 0 Å². The number of benzene rings is 3. The monoisotopic (exact) mass is 515 g/mol. The number of Topliss-reactive ketones (excluding diaryl/α,β-unsaturated/α-hetero) is 2. The Balaban J connectivity index is 1.29. The van der Waals surface area contributed by atoms with Crippen LogP contribution in [0.4, 0.5) is 4.39 Å². The number of nitrogens with zero attached hydrogens (tertiary/aromatic N) is 1. The molecule has 0 spiro atoms. The molecule has 0 N–H and O–H groups in total. The van der Waals surface area contributed by atoms with Crippen molar-refractivity contribution in [3.63, 3.8) is 0 Å². The number of hydrogen-bond donors (Lipinski definition) is 0. The van der Waals surface area contributed by atoms with Crippen LogP contribution in [0.3, 0.4) is 0 Å². The highest BCUT2D eigenvalue weighted by Crippen LogP contribution is 2.49. The first kappa shape index (κ1) is 25.2. The van der Waals surface area contributed by atoms with E-state index in [1.165, 1.54) is 32.5 Å². The topological polar surface area (TPSA) is 88.8 Å². The summed E-state index contributed by atoms with van der Waals surface area (Å²) >= 11 is 0. The van der Waals surface area contributed by atoms with Crippen molar-refractivity contribution in [2.75, 3.05) is 14.2 Å². The predicted octanol–water partition coefficient (Wildman–Crippen LogP) is 5.13. The van der Waals surface area contributed by atoms with Crippen molar-refractivity contribution in [2.45, 2.75) is 25.7 Å². The van der Waals surface area contributed by atoms with Crippen LogP contribution in [-0.2, 0) is 22.4 Å². The van der Waals surface area contributed by atoms with Gasteiger partial charge in [0.25, 0.3) is 0 Å². The molecule has 0 unspecified atom stereocenters. The molecule has 38 heavy (non-hydrogen) atoms. The molecule has 5 rings (SSSR count). The number of ketones is 2. The molecule has 1 heterocycles. The van der Waals surface area contributed by atoms with Gasteiger partial charge >= 0.3 is 0 Å². The summed E-state index contributed by atoms with van der Waals surface area (Å²) in [4.78, 5) is 26.0. The van der Waals surface area contributed by atoms with E-state index in [2.05, 4.69) is 0 Å². The zero-order chi connectivity index (χ0) is 26.9. The molecule has 0 bridgehead atoms. The maximum absolute atomic E-state index is 13.2. The van der Waals surface area contributed by atoms with Gasteiger partial charge in [-0.1, -0.05) is 24.3 Å². The molecule has 0 saturated heterocycles. The number of hydrogen-bond acceptors (Lipinski definition) is 6. The molecule has 0 amide bonds. The van der Waals surface area contributed by atoms with Crippen molar-refractivity contribution in [1.29, 1.82) is 0 Å². The third-order valence-corrected chi connectivity index (χ3v) is 6.98. The van der Waals surface area contributed by atoms with Crippen LogP contribution in [-0.4, -0.2) is 25.8 Å². The fraction of sp³-hybridized carbons (Fsp3) is 0.233. The van der Waals surface area contributed by atoms with E-state index < -0.39 is 5.41 Å². The Kier molecular flexibility index (Phi) is 6.72. The SMILES string of the molecule is COc1cc2c(Oc3ccc(CC(=O)C4(C(=O)Cc5ccc(F)cc5)CC4)cc3)cc[n+]([O-])c2cc1OC. The van der Waals surface area contributed by atoms with Crippen molar-refractivity contribution < 1.29 is 32.9 Å². The molecule has 4 aromatic rings. The lowest BCUT2D eigenvalue weighted by Crippen LogP contribution is -2.28. The molecule has 194 valence electrons. The average Bonchev–Trinajstić information content (AvgIpc) is 3.74. The van der Waals surface area contributed by atoms with Crippen LogP contribution in [0.5, 0.6) is 23.0 Å². The molecule has 1 aliphatic rings. The van der Waals surface area contributed by atoms with E-state index in [0.717, 1.165) is 10.3 Å². The minimum atomic E-state index is -0.944. The summed E-state index contributed by atoms with van der Waals surface area (Å²) in [6.07, 6.45) is 2.69. The van der Waals surface area contributed by atoms with Crippen molar-refractivity contribution in [1.82, 2.24) is 0 Å². The number of fused-ring (bicyclic) bond motifs is 1. The van der Waals surface area contributed by atoms with E-state index in [0.29, 0.717) is 52.3 Å². The van der Waals surface area contributed by atoms with Gasteiger partial charge in [0.05, 0.1) is 31.1 Å². The molecule has 1 fully saturated rings. The molecular formula is C30H26FNO6. The fourth-order valence-corrected chi connectivity index (χ4v) is 4.59. The first-order chi connectivity index (χ1) is 18.3. The van der Waals surface area contributed by atoms with E-state index in [9.17, 15) is 19.2 Å². The van der Waals surface area contributed by atoms with Crippen LogP contribution in [0.25, 0.3) is 10.9 Å². The molecular weight excluding hydrogens is 489 g/mol. The van der Waals surface area contributed by atoms with Crippen molar-refractivity contribution in [3.05, 3.63) is 95.1 Å². The summed E-state index contributed by atoms with van der Waals surface area (Å²) in [5, 5.41) is 12.9. The smallest absolute Gasteiger partial charge is 0.231 e. The van der Waals surface area contributed by atoms with Gasteiger partial charge in [-0.15, -0.1) is 0 Å². The van der Waals surface area contributed by atoms with Gasteiger partial charge < -0.3 is 19.4 Å². The number of halogens is 1. The van der Waals surface area contributed by atoms with Gasteiger partial charge in [-0.25, -0.2) is 4.39 Å². The maximum atomic E-state index is 13.2. The lowest BCUT2D eigenvalue weighted by molar-refractivity contribution is -0.577. The van der Waals surface area contributed by atoms with Crippen molar-refractivity contribution in [2.24, 2.45) is 5.41 Å². The normalized spacial score (nSPS) is 13.7. The zero-order valence-corrected chi connectivity index (χ0v) is 21.0. The largest absolute Gasteiger partial charge is 0.618 e. The first-order valence-corrected chi connectivity index (χ1v) is 12.2. The van der Waals surface area contributed by atoms with E-state index in [-0.39, 0.29) is 30.2 Å². The summed E-state index contributed by atoms with van der Waals surface area (Å²) in [6.45, 7) is 0. The quantitative estimate of drug-likeness (QED) is 0.165. The van der Waals surface area contributed by atoms with Crippen molar-refractivity contribution in [3.8, 4) is 23.0 Å². The van der Waals surface area contributed by atoms with E-state index in [4.69, 9.17) is 14.2 Å². The molecule has 0 aliphatic heterocycles. The third kappa shape index (κ3) is 4.89. The number of carbonyl (C=O) groups is 2. The summed E-state index contributed by atoms with van der Waals surface area (Å²) in [5.74, 6) is 1.30. The van der Waals surface area contributed by atoms with Crippen LogP contribution in [0.15, 0.2) is 72.9 Å². The number of pyridine rings is 1. The molecule has 7 nitrogen and oxygen atoms in total. The number of aromatic nitrogens is 1. The van der Waals surface area contributed by atoms with Crippen LogP contribution < -0.4 is 18.9 Å². The lowest BCUT2D eigenvalue weighted by atomic mass is 9.88. The van der Waals surface area contributed by atoms with Gasteiger partial charge in [0.2, 0.25) is 5.52 Å². The number of ether oxygens (including phenoxy) is 3. The Morgan fingerprint density at radius 2 is 1.39 bits per heavy atom. The highest BCUT2D eigenvalue weighted by atomic mass is 19.1. The van der Waals surface area contributed by atoms with E-state index >= 15 is 0 Å². The van der Waals surface area contributed by atoms with Crippen LogP contribution >= 0.6 is 0 Å². The van der Waals surface area contributed by atoms with E-state index in [1.54, 1.807) is 54.6 Å². The second-order valence-corrected chi connectivity index (χ2v) is 9.38. The second kappa shape index (κ2) is 10.1. The average molecular weight is 516 g/mol. The van der Waals surface area contributed by atoms with Crippen LogP contribution in [0.1, 0.15) is 24.0 Å². The van der Waals surface area contributed by atoms with Gasteiger partial charge in [-0.3, -0.25) is 9.59 Å². The third-order valence-electron chi connectivity index (χ3n) is 6.98. The predicted molar refractivity (Wildman–Crippen MR) is 138 cm³/mol. The van der Waals surface area contributed by atoms with Gasteiger partial charge in [0.1, 0.15) is 17.3 Å². The summed E-state index contributed by atoms with van der Waals surface area (Å²) in [5.41, 5.74) is 0.886. The highest BCUT2D eigenvalue weighted by molar-refractivity contribution is 6.10. The van der Waals surface area contributed by atoms with Gasteiger partial charge in [0.15, 0.2) is 29.3 Å². The summed E-state index contributed by atoms with van der Waals surface area (Å²) in [7, 11) is 3.01. The van der Waals surface area contributed by atoms with Gasteiger partial charge in [-0.2, -0.15) is 4.73 Å². The Morgan fingerprint density at radius 3 is 1.95 bits per heavy atom. The van der Waals surface area contributed by atoms with Gasteiger partial charge in [0, 0.05) is 25.0 Å². The van der Waals surface area contributed by atoms with Crippen LogP contribution in [0, 0.1) is 16.4 Å². The minimum absolute atomic E-state index is 0.103. The fourth-order valence-electron chi connectivity index (χ4n) is 4.59. The maximum Gasteiger partial charge on any atom is 0.231 e. The number of carbonyl (C=O) groups excluding carboxylic acids is 2. The molecule has 1 saturated carbocycles. The highest BCUT2D eigenvalue weighted by Gasteiger charge is 2.54. The second-order valence-electron chi connectivity index (χ2n) is 9.38. The standard InChI is InChI=1S/C30H26FNO6/c1-36-26-17-23-24(18-27(26)37-2)32(35)14-11-25(23)38-22-9-5-20(6-10-22)16-29(34)30(12-13-30)28(33)15-19-3-7-21(31)8-4-19/h3-11,14,17-18H,12-13,15-16H2,1-2H3. The van der Waals surface area contributed by atoms with Gasteiger partial charge in [-0.05, 0) is 48.2 Å². The molecule has 3 aromatic carbocycles. The Bertz CT molecular complexity index is 1510. The Hall–Kier alpha value is -4.46. The number of methoxy groups -OCH3 is 2. The summed E-state index contributed by atoms with van der Waals surface area (Å²) in [6, 6.07) is 17.7. The van der Waals surface area contributed by atoms with E-state index in [1.807, 2.05) is 0 Å². The Labute approximate surface area is 219 Å². The summed E-state index contributed by atoms with van der Waals surface area (Å²) < 4.78 is 30.6. The number of rotatable bonds is 10. The molecule has 1 aliphatic carbocycles. The molecule has 0 atom stereocenters. The Morgan fingerprint density at radius 1 is 0.842 bits per heavy atom. The molecule has 1 aromatic heterocycles. The first-order valence-electron chi connectivity index (χ1n) is 12.2. The van der Waals surface area contributed by atoms with Crippen molar-refractivity contribution >= 4 is 22.5 Å². The minimum Gasteiger partial charge on any atom is -0.618 e.